The molecule has 1 atom stereocenters. The standard InChI is InChI=1S/C23H29NO4/c1-16(2)3-5-18(19-6-8-21-23(12-19)28-15-26-21)9-10-24-13-17-4-7-20-22(11-17)27-14-25-20/h4,6-8,11-12,16,18,24H,3,5,9-10,13-15H2,1-2H3/t18-/m1/s1. The summed E-state index contributed by atoms with van der Waals surface area (Å²) in [4.78, 5) is 0. The fraction of sp³-hybridized carbons (Fsp3) is 0.478. The highest BCUT2D eigenvalue weighted by Gasteiger charge is 2.18. The summed E-state index contributed by atoms with van der Waals surface area (Å²) in [6, 6.07) is 12.5. The lowest BCUT2D eigenvalue weighted by Gasteiger charge is -2.19. The largest absolute Gasteiger partial charge is 0.454 e. The maximum absolute atomic E-state index is 5.57. The zero-order valence-corrected chi connectivity index (χ0v) is 16.7. The first-order valence-electron chi connectivity index (χ1n) is 10.2. The van der Waals surface area contributed by atoms with Crippen molar-refractivity contribution in [3.8, 4) is 23.0 Å². The van der Waals surface area contributed by atoms with Gasteiger partial charge in [0.1, 0.15) is 0 Å². The minimum atomic E-state index is 0.319. The Morgan fingerprint density at radius 1 is 0.786 bits per heavy atom. The van der Waals surface area contributed by atoms with Gasteiger partial charge in [0, 0.05) is 6.54 Å². The van der Waals surface area contributed by atoms with E-state index in [4.69, 9.17) is 18.9 Å². The third-order valence-electron chi connectivity index (χ3n) is 5.40. The average Bonchev–Trinajstić information content (AvgIpc) is 3.35. The van der Waals surface area contributed by atoms with Gasteiger partial charge in [-0.25, -0.2) is 0 Å². The van der Waals surface area contributed by atoms with Crippen molar-refractivity contribution in [2.24, 2.45) is 5.92 Å². The molecule has 0 fully saturated rings. The number of benzene rings is 2. The number of hydrogen-bond acceptors (Lipinski definition) is 5. The van der Waals surface area contributed by atoms with Crippen molar-refractivity contribution in [2.45, 2.75) is 45.6 Å². The van der Waals surface area contributed by atoms with Crippen LogP contribution in [0.2, 0.25) is 0 Å². The Hall–Kier alpha value is -2.40. The second kappa shape index (κ2) is 8.74. The zero-order chi connectivity index (χ0) is 19.3. The van der Waals surface area contributed by atoms with Crippen LogP contribution in [-0.2, 0) is 6.54 Å². The molecular formula is C23H29NO4. The Morgan fingerprint density at radius 3 is 2.21 bits per heavy atom. The average molecular weight is 383 g/mol. The zero-order valence-electron chi connectivity index (χ0n) is 16.7. The number of ether oxygens (including phenoxy) is 4. The van der Waals surface area contributed by atoms with Gasteiger partial charge in [0.05, 0.1) is 0 Å². The van der Waals surface area contributed by atoms with Crippen LogP contribution in [-0.4, -0.2) is 20.1 Å². The number of nitrogens with one attached hydrogen (secondary N) is 1. The van der Waals surface area contributed by atoms with E-state index in [2.05, 4.69) is 43.4 Å². The first kappa shape index (κ1) is 18.9. The van der Waals surface area contributed by atoms with Crippen LogP contribution < -0.4 is 24.3 Å². The second-order valence-electron chi connectivity index (χ2n) is 7.93. The van der Waals surface area contributed by atoms with E-state index in [-0.39, 0.29) is 0 Å². The van der Waals surface area contributed by atoms with Gasteiger partial charge in [0.25, 0.3) is 0 Å². The molecule has 0 aromatic heterocycles. The summed E-state index contributed by atoms with van der Waals surface area (Å²) < 4.78 is 21.9. The molecule has 0 radical (unpaired) electrons. The molecule has 4 rings (SSSR count). The highest BCUT2D eigenvalue weighted by Crippen LogP contribution is 2.37. The van der Waals surface area contributed by atoms with E-state index >= 15 is 0 Å². The minimum absolute atomic E-state index is 0.319. The molecule has 5 nitrogen and oxygen atoms in total. The number of hydrogen-bond donors (Lipinski definition) is 1. The van der Waals surface area contributed by atoms with Crippen LogP contribution in [0.4, 0.5) is 0 Å². The van der Waals surface area contributed by atoms with Crippen LogP contribution in [0.3, 0.4) is 0 Å². The van der Waals surface area contributed by atoms with Gasteiger partial charge in [-0.3, -0.25) is 0 Å². The quantitative estimate of drug-likeness (QED) is 0.628. The first-order valence-corrected chi connectivity index (χ1v) is 10.2. The maximum atomic E-state index is 5.57. The molecule has 0 saturated heterocycles. The van der Waals surface area contributed by atoms with Gasteiger partial charge in [-0.15, -0.1) is 0 Å². The topological polar surface area (TPSA) is 49.0 Å². The van der Waals surface area contributed by atoms with Crippen molar-refractivity contribution in [3.05, 3.63) is 47.5 Å². The molecule has 5 heteroatoms. The number of fused-ring (bicyclic) bond motifs is 2. The SMILES string of the molecule is CC(C)CC[C@H](CCNCc1ccc2c(c1)OCO2)c1ccc2c(c1)OCO2. The maximum Gasteiger partial charge on any atom is 0.231 e. The molecule has 0 amide bonds. The summed E-state index contributed by atoms with van der Waals surface area (Å²) in [7, 11) is 0. The Kier molecular flexibility index (Phi) is 5.91. The van der Waals surface area contributed by atoms with Crippen LogP contribution in [0.15, 0.2) is 36.4 Å². The van der Waals surface area contributed by atoms with Crippen molar-refractivity contribution in [3.63, 3.8) is 0 Å². The fourth-order valence-electron chi connectivity index (χ4n) is 3.74. The van der Waals surface area contributed by atoms with Gasteiger partial charge in [-0.2, -0.15) is 0 Å². The molecular weight excluding hydrogens is 354 g/mol. The van der Waals surface area contributed by atoms with E-state index in [9.17, 15) is 0 Å². The van der Waals surface area contributed by atoms with Gasteiger partial charge in [-0.1, -0.05) is 32.4 Å². The number of rotatable bonds is 9. The molecule has 2 aliphatic heterocycles. The molecule has 28 heavy (non-hydrogen) atoms. The molecule has 0 spiro atoms. The van der Waals surface area contributed by atoms with Crippen LogP contribution in [0, 0.1) is 5.92 Å². The third kappa shape index (κ3) is 4.53. The van der Waals surface area contributed by atoms with E-state index in [1.165, 1.54) is 24.0 Å². The molecule has 2 aliphatic rings. The highest BCUT2D eigenvalue weighted by atomic mass is 16.7. The van der Waals surface area contributed by atoms with Crippen molar-refractivity contribution >= 4 is 0 Å². The van der Waals surface area contributed by atoms with E-state index in [1.807, 2.05) is 12.1 Å². The van der Waals surface area contributed by atoms with Crippen LogP contribution in [0.5, 0.6) is 23.0 Å². The normalized spacial score (nSPS) is 15.2. The molecule has 0 unspecified atom stereocenters. The highest BCUT2D eigenvalue weighted by molar-refractivity contribution is 5.46. The van der Waals surface area contributed by atoms with E-state index in [1.54, 1.807) is 0 Å². The molecule has 0 aliphatic carbocycles. The monoisotopic (exact) mass is 383 g/mol. The predicted molar refractivity (Wildman–Crippen MR) is 108 cm³/mol. The molecule has 150 valence electrons. The van der Waals surface area contributed by atoms with E-state index in [0.717, 1.165) is 42.5 Å². The van der Waals surface area contributed by atoms with Gasteiger partial charge in [0.2, 0.25) is 13.6 Å². The molecule has 0 saturated carbocycles. The first-order chi connectivity index (χ1) is 13.7. The fourth-order valence-corrected chi connectivity index (χ4v) is 3.74. The van der Waals surface area contributed by atoms with E-state index < -0.39 is 0 Å². The van der Waals surface area contributed by atoms with Crippen molar-refractivity contribution in [2.75, 3.05) is 20.1 Å². The van der Waals surface area contributed by atoms with Crippen LogP contribution >= 0.6 is 0 Å². The summed E-state index contributed by atoms with van der Waals surface area (Å²) in [6.45, 7) is 7.01. The lowest BCUT2D eigenvalue weighted by Crippen LogP contribution is -2.17. The minimum Gasteiger partial charge on any atom is -0.454 e. The molecule has 2 aromatic carbocycles. The van der Waals surface area contributed by atoms with Gasteiger partial charge in [0.15, 0.2) is 23.0 Å². The summed E-state index contributed by atoms with van der Waals surface area (Å²) in [6.07, 6.45) is 3.50. The van der Waals surface area contributed by atoms with Crippen LogP contribution in [0.1, 0.15) is 50.2 Å². The Labute approximate surface area is 166 Å². The summed E-state index contributed by atoms with van der Waals surface area (Å²) in [5.74, 6) is 4.63. The molecule has 2 heterocycles. The van der Waals surface area contributed by atoms with E-state index in [0.29, 0.717) is 25.4 Å². The lowest BCUT2D eigenvalue weighted by molar-refractivity contribution is 0.173. The van der Waals surface area contributed by atoms with Gasteiger partial charge >= 0.3 is 0 Å². The second-order valence-corrected chi connectivity index (χ2v) is 7.93. The van der Waals surface area contributed by atoms with Gasteiger partial charge in [-0.05, 0) is 66.6 Å². The molecule has 0 bridgehead atoms. The summed E-state index contributed by atoms with van der Waals surface area (Å²) >= 11 is 0. The molecule has 1 N–H and O–H groups in total. The van der Waals surface area contributed by atoms with Crippen LogP contribution in [0.25, 0.3) is 0 Å². The summed E-state index contributed by atoms with van der Waals surface area (Å²) in [5, 5.41) is 3.58. The summed E-state index contributed by atoms with van der Waals surface area (Å²) in [5.41, 5.74) is 2.56. The van der Waals surface area contributed by atoms with Crippen molar-refractivity contribution in [1.82, 2.24) is 5.32 Å². The Balaban J connectivity index is 1.33. The van der Waals surface area contributed by atoms with Crippen molar-refractivity contribution < 1.29 is 18.9 Å². The Bertz CT molecular complexity index is 805. The Morgan fingerprint density at radius 2 is 1.46 bits per heavy atom. The lowest BCUT2D eigenvalue weighted by atomic mass is 9.88. The predicted octanol–water partition coefficient (Wildman–Crippen LogP) is 4.84. The smallest absolute Gasteiger partial charge is 0.231 e. The van der Waals surface area contributed by atoms with Gasteiger partial charge < -0.3 is 24.3 Å². The third-order valence-corrected chi connectivity index (χ3v) is 5.40. The van der Waals surface area contributed by atoms with Crippen molar-refractivity contribution in [1.29, 1.82) is 0 Å². The molecule has 2 aromatic rings.